The fourth-order valence-electron chi connectivity index (χ4n) is 2.39. The third kappa shape index (κ3) is 5.68. The molecule has 1 aromatic rings. The molecule has 0 aliphatic heterocycles. The average molecular weight is 415 g/mol. The molecular weight excluding hydrogens is 396 g/mol. The van der Waals surface area contributed by atoms with E-state index in [4.69, 9.17) is 5.21 Å². The van der Waals surface area contributed by atoms with E-state index in [0.29, 0.717) is 11.3 Å². The number of carbonyl (C=O) groups is 2. The summed E-state index contributed by atoms with van der Waals surface area (Å²) in [5, 5.41) is 28.5. The maximum atomic E-state index is 12.2. The van der Waals surface area contributed by atoms with Crippen molar-refractivity contribution in [1.29, 1.82) is 0 Å². The topological polar surface area (TPSA) is 127 Å². The molecule has 0 radical (unpaired) electrons. The van der Waals surface area contributed by atoms with Gasteiger partial charge in [0, 0.05) is 17.3 Å². The van der Waals surface area contributed by atoms with Gasteiger partial charge < -0.3 is 20.4 Å². The lowest BCUT2D eigenvalue weighted by molar-refractivity contribution is -0.151. The van der Waals surface area contributed by atoms with E-state index < -0.39 is 24.0 Å². The van der Waals surface area contributed by atoms with Crippen molar-refractivity contribution in [2.45, 2.75) is 36.2 Å². The second-order valence-corrected chi connectivity index (χ2v) is 6.74. The first-order valence-electron chi connectivity index (χ1n) is 7.58. The molecule has 2 rings (SSSR count). The van der Waals surface area contributed by atoms with E-state index in [2.05, 4.69) is 36.3 Å². The number of methoxy groups -OCH3 is 1. The Kier molecular flexibility index (Phi) is 6.71. The minimum absolute atomic E-state index is 0.0192. The van der Waals surface area contributed by atoms with E-state index in [1.54, 1.807) is 0 Å². The smallest absolute Gasteiger partial charge is 0.334 e. The van der Waals surface area contributed by atoms with Crippen LogP contribution in [0, 0.1) is 0 Å². The summed E-state index contributed by atoms with van der Waals surface area (Å²) in [7, 11) is 1.18. The van der Waals surface area contributed by atoms with Gasteiger partial charge in [-0.15, -0.1) is 5.10 Å². The second-order valence-electron chi connectivity index (χ2n) is 5.56. The Balaban J connectivity index is 2.06. The predicted octanol–water partition coefficient (Wildman–Crippen LogP) is 0.578. The Bertz CT molecular complexity index is 687. The number of nitrogens with zero attached hydrogens (tertiary/aromatic N) is 3. The fourth-order valence-corrected chi connectivity index (χ4v) is 2.73. The summed E-state index contributed by atoms with van der Waals surface area (Å²) in [4.78, 5) is 24.4. The van der Waals surface area contributed by atoms with Gasteiger partial charge in [-0.25, -0.2) is 4.79 Å². The molecule has 0 saturated heterocycles. The Morgan fingerprint density at radius 3 is 2.88 bits per heavy atom. The zero-order valence-electron chi connectivity index (χ0n) is 13.5. The molecule has 1 unspecified atom stereocenters. The van der Waals surface area contributed by atoms with Gasteiger partial charge in [0.25, 0.3) is 5.91 Å². The first-order valence-corrected chi connectivity index (χ1v) is 8.50. The van der Waals surface area contributed by atoms with Crippen molar-refractivity contribution in [3.05, 3.63) is 35.7 Å². The van der Waals surface area contributed by atoms with Crippen LogP contribution in [0.3, 0.4) is 0 Å². The number of amides is 1. The van der Waals surface area contributed by atoms with Gasteiger partial charge in [-0.05, 0) is 18.1 Å². The first kappa shape index (κ1) is 19.1. The maximum Gasteiger partial charge on any atom is 0.334 e. The molecule has 0 spiro atoms. The minimum atomic E-state index is -1.36. The van der Waals surface area contributed by atoms with Crippen LogP contribution < -0.4 is 5.32 Å². The van der Waals surface area contributed by atoms with Crippen molar-refractivity contribution in [3.8, 4) is 0 Å². The summed E-state index contributed by atoms with van der Waals surface area (Å²) in [6.07, 6.45) is 6.84. The van der Waals surface area contributed by atoms with Crippen LogP contribution in [0.2, 0.25) is 0 Å². The van der Waals surface area contributed by atoms with Crippen molar-refractivity contribution in [2.24, 2.45) is 0 Å². The normalized spacial score (nSPS) is 19.0. The lowest BCUT2D eigenvalue weighted by Crippen LogP contribution is -2.40. The molecule has 1 aliphatic rings. The number of alkyl halides is 1. The Morgan fingerprint density at radius 1 is 1.56 bits per heavy atom. The van der Waals surface area contributed by atoms with E-state index in [-0.39, 0.29) is 16.9 Å². The molecule has 9 nitrogen and oxygen atoms in total. The molecule has 1 aromatic heterocycles. The van der Waals surface area contributed by atoms with Crippen molar-refractivity contribution in [2.75, 3.05) is 7.11 Å². The summed E-state index contributed by atoms with van der Waals surface area (Å²) in [6, 6.07) is -0.534. The highest BCUT2D eigenvalue weighted by Gasteiger charge is 2.25. The largest absolute Gasteiger partial charge is 0.467 e. The van der Waals surface area contributed by atoms with Crippen LogP contribution in [-0.2, 0) is 9.53 Å². The van der Waals surface area contributed by atoms with Crippen molar-refractivity contribution in [1.82, 2.24) is 20.5 Å². The Morgan fingerprint density at radius 2 is 2.32 bits per heavy atom. The number of nitrogens with one attached hydrogen (secondary N) is 1. The van der Waals surface area contributed by atoms with Crippen LogP contribution in [0.4, 0.5) is 0 Å². The SMILES string of the molecule is COC(=O)[C@H](O)C[C@@H](CC1=CCC(Br)C=C1)NC(=O)c1cn(O)nn1. The number of aliphatic hydroxyl groups excluding tert-OH is 1. The molecule has 0 fully saturated rings. The van der Waals surface area contributed by atoms with Crippen LogP contribution in [0.1, 0.15) is 29.8 Å². The Labute approximate surface area is 152 Å². The van der Waals surface area contributed by atoms with Gasteiger partial charge in [0.05, 0.1) is 13.3 Å². The molecule has 1 amide bonds. The number of allylic oxidation sites excluding steroid dienone is 3. The van der Waals surface area contributed by atoms with E-state index in [9.17, 15) is 14.7 Å². The first-order chi connectivity index (χ1) is 11.9. The lowest BCUT2D eigenvalue weighted by atomic mass is 9.96. The van der Waals surface area contributed by atoms with Crippen molar-refractivity contribution >= 4 is 27.8 Å². The molecule has 0 saturated carbocycles. The van der Waals surface area contributed by atoms with Gasteiger partial charge in [-0.3, -0.25) is 4.79 Å². The van der Waals surface area contributed by atoms with Crippen LogP contribution >= 0.6 is 15.9 Å². The molecule has 3 atom stereocenters. The van der Waals surface area contributed by atoms with Gasteiger partial charge in [0.15, 0.2) is 11.8 Å². The predicted molar refractivity (Wildman–Crippen MR) is 90.3 cm³/mol. The van der Waals surface area contributed by atoms with Gasteiger partial charge in [0.2, 0.25) is 0 Å². The Hall–Kier alpha value is -2.20. The van der Waals surface area contributed by atoms with Crippen LogP contribution in [0.25, 0.3) is 0 Å². The van der Waals surface area contributed by atoms with Gasteiger partial charge in [0.1, 0.15) is 0 Å². The molecule has 25 heavy (non-hydrogen) atoms. The van der Waals surface area contributed by atoms with Gasteiger partial charge in [-0.1, -0.05) is 44.6 Å². The summed E-state index contributed by atoms with van der Waals surface area (Å²) >= 11 is 3.48. The number of hydrogen-bond acceptors (Lipinski definition) is 7. The van der Waals surface area contributed by atoms with Gasteiger partial charge >= 0.3 is 5.97 Å². The maximum absolute atomic E-state index is 12.2. The number of aromatic nitrogens is 3. The molecular formula is C15H19BrN4O5. The second kappa shape index (κ2) is 8.77. The van der Waals surface area contributed by atoms with E-state index >= 15 is 0 Å². The van der Waals surface area contributed by atoms with Gasteiger partial charge in [-0.2, -0.15) is 0 Å². The number of halogens is 1. The van der Waals surface area contributed by atoms with E-state index in [1.807, 2.05) is 18.2 Å². The van der Waals surface area contributed by atoms with E-state index in [0.717, 1.165) is 18.2 Å². The standard InChI is InChI=1S/C15H19BrN4O5/c1-25-15(23)13(21)7-11(6-9-2-4-10(16)5-3-9)17-14(22)12-8-20(24)19-18-12/h2-4,8,10-11,13,21,24H,5-7H2,1H3,(H,17,22)/t10?,11-,13-/m1/s1. The number of esters is 1. The van der Waals surface area contributed by atoms with Crippen molar-refractivity contribution < 1.29 is 24.6 Å². The fraction of sp³-hybridized carbons (Fsp3) is 0.467. The average Bonchev–Trinajstić information content (AvgIpc) is 3.02. The van der Waals surface area contributed by atoms with Crippen LogP contribution in [0.15, 0.2) is 30.0 Å². The number of carbonyl (C=O) groups excluding carboxylic acids is 2. The number of ether oxygens (including phenoxy) is 1. The number of rotatable bonds is 7. The zero-order valence-corrected chi connectivity index (χ0v) is 15.1. The number of hydrogen-bond donors (Lipinski definition) is 3. The zero-order chi connectivity index (χ0) is 18.4. The lowest BCUT2D eigenvalue weighted by Gasteiger charge is -2.22. The monoisotopic (exact) mass is 414 g/mol. The molecule has 3 N–H and O–H groups in total. The number of aliphatic hydroxyl groups is 1. The summed E-state index contributed by atoms with van der Waals surface area (Å²) in [5.74, 6) is -1.34. The molecule has 136 valence electrons. The molecule has 1 heterocycles. The van der Waals surface area contributed by atoms with E-state index in [1.165, 1.54) is 7.11 Å². The highest BCUT2D eigenvalue weighted by Crippen LogP contribution is 2.21. The third-order valence-corrected chi connectivity index (χ3v) is 4.32. The third-order valence-electron chi connectivity index (χ3n) is 3.64. The molecule has 0 bridgehead atoms. The summed E-state index contributed by atoms with van der Waals surface area (Å²) < 4.78 is 4.51. The molecule has 1 aliphatic carbocycles. The highest BCUT2D eigenvalue weighted by molar-refractivity contribution is 9.09. The van der Waals surface area contributed by atoms with Crippen molar-refractivity contribution in [3.63, 3.8) is 0 Å². The highest BCUT2D eigenvalue weighted by atomic mass is 79.9. The summed E-state index contributed by atoms with van der Waals surface area (Å²) in [5.41, 5.74) is 0.901. The van der Waals surface area contributed by atoms with Crippen LogP contribution in [-0.4, -0.2) is 61.4 Å². The minimum Gasteiger partial charge on any atom is -0.467 e. The summed E-state index contributed by atoms with van der Waals surface area (Å²) in [6.45, 7) is 0. The molecule has 10 heteroatoms. The van der Waals surface area contributed by atoms with Crippen LogP contribution in [0.5, 0.6) is 0 Å². The quantitative estimate of drug-likeness (QED) is 0.338. The molecule has 0 aromatic carbocycles.